The molecule has 2 atom stereocenters. The number of benzene rings is 1. The Morgan fingerprint density at radius 2 is 2.14 bits per heavy atom. The maximum absolute atomic E-state index is 9.43. The highest BCUT2D eigenvalue weighted by molar-refractivity contribution is 5.82. The number of nitrogens with two attached hydrogens (primary N) is 1. The van der Waals surface area contributed by atoms with Crippen molar-refractivity contribution in [1.82, 2.24) is 4.98 Å². The van der Waals surface area contributed by atoms with Gasteiger partial charge in [0.15, 0.2) is 0 Å². The molecule has 0 fully saturated rings. The molecule has 4 N–H and O–H groups in total. The van der Waals surface area contributed by atoms with E-state index in [4.69, 9.17) is 5.73 Å². The van der Waals surface area contributed by atoms with Gasteiger partial charge in [-0.15, -0.1) is 0 Å². The molecule has 2 rings (SSSR count). The smallest absolute Gasteiger partial charge is 0.0705 e. The van der Waals surface area contributed by atoms with Crippen LogP contribution < -0.4 is 5.73 Å². The minimum atomic E-state index is -0.538. The van der Waals surface area contributed by atoms with Gasteiger partial charge in [-0.25, -0.2) is 0 Å². The molecule has 0 bridgehead atoms. The second-order valence-electron chi connectivity index (χ2n) is 3.56. The summed E-state index contributed by atoms with van der Waals surface area (Å²) in [6.45, 7) is 1.70. The van der Waals surface area contributed by atoms with Crippen molar-refractivity contribution in [1.29, 1.82) is 0 Å². The zero-order chi connectivity index (χ0) is 10.1. The van der Waals surface area contributed by atoms with Crippen molar-refractivity contribution in [2.45, 2.75) is 19.1 Å². The van der Waals surface area contributed by atoms with Gasteiger partial charge in [-0.05, 0) is 23.9 Å². The topological polar surface area (TPSA) is 62.0 Å². The Morgan fingerprint density at radius 3 is 2.86 bits per heavy atom. The van der Waals surface area contributed by atoms with E-state index in [-0.39, 0.29) is 6.04 Å². The normalized spacial score (nSPS) is 15.6. The predicted octanol–water partition coefficient (Wildman–Crippen LogP) is 1.55. The SMILES string of the molecule is C[C@@H](O)[C@H](N)c1cccc2cc[nH]c12. The lowest BCUT2D eigenvalue weighted by molar-refractivity contribution is 0.165. The number of aromatic nitrogens is 1. The standard InChI is InChI=1S/C11H14N2O/c1-7(14)10(12)9-4-2-3-8-5-6-13-11(8)9/h2-7,10,13-14H,12H2,1H3/t7-,10+/m1/s1. The van der Waals surface area contributed by atoms with Crippen LogP contribution in [0.4, 0.5) is 0 Å². The number of rotatable bonds is 2. The molecule has 0 amide bonds. The van der Waals surface area contributed by atoms with Crippen molar-refractivity contribution in [3.05, 3.63) is 36.0 Å². The third-order valence-electron chi connectivity index (χ3n) is 2.50. The van der Waals surface area contributed by atoms with E-state index in [0.717, 1.165) is 16.5 Å². The molecule has 0 radical (unpaired) electrons. The summed E-state index contributed by atoms with van der Waals surface area (Å²) < 4.78 is 0. The average molecular weight is 190 g/mol. The lowest BCUT2D eigenvalue weighted by Crippen LogP contribution is -2.23. The van der Waals surface area contributed by atoms with E-state index in [1.165, 1.54) is 0 Å². The monoisotopic (exact) mass is 190 g/mol. The summed E-state index contributed by atoms with van der Waals surface area (Å²) in [7, 11) is 0. The molecule has 3 heteroatoms. The van der Waals surface area contributed by atoms with Crippen LogP contribution in [0.25, 0.3) is 10.9 Å². The molecule has 0 spiro atoms. The molecule has 0 aliphatic rings. The Hall–Kier alpha value is -1.32. The lowest BCUT2D eigenvalue weighted by Gasteiger charge is -2.15. The van der Waals surface area contributed by atoms with Crippen LogP contribution in [0.2, 0.25) is 0 Å². The third kappa shape index (κ3) is 1.41. The number of aliphatic hydroxyl groups is 1. The molecule has 14 heavy (non-hydrogen) atoms. The maximum atomic E-state index is 9.43. The number of hydrogen-bond acceptors (Lipinski definition) is 2. The Kier molecular flexibility index (Phi) is 2.27. The summed E-state index contributed by atoms with van der Waals surface area (Å²) in [6, 6.07) is 7.57. The number of hydrogen-bond donors (Lipinski definition) is 3. The van der Waals surface area contributed by atoms with Crippen molar-refractivity contribution in [2.75, 3.05) is 0 Å². The number of nitrogens with one attached hydrogen (secondary N) is 1. The second-order valence-corrected chi connectivity index (χ2v) is 3.56. The van der Waals surface area contributed by atoms with Crippen molar-refractivity contribution in [3.63, 3.8) is 0 Å². The summed E-state index contributed by atoms with van der Waals surface area (Å²) in [5, 5.41) is 10.6. The Labute approximate surface area is 82.6 Å². The van der Waals surface area contributed by atoms with E-state index in [1.807, 2.05) is 30.5 Å². The molecule has 0 unspecified atom stereocenters. The van der Waals surface area contributed by atoms with Crippen LogP contribution >= 0.6 is 0 Å². The zero-order valence-corrected chi connectivity index (χ0v) is 8.07. The first-order valence-corrected chi connectivity index (χ1v) is 4.70. The largest absolute Gasteiger partial charge is 0.391 e. The summed E-state index contributed by atoms with van der Waals surface area (Å²) >= 11 is 0. The molecule has 2 aromatic rings. The van der Waals surface area contributed by atoms with Gasteiger partial charge in [0.25, 0.3) is 0 Å². The van der Waals surface area contributed by atoms with E-state index in [1.54, 1.807) is 6.92 Å². The fraction of sp³-hybridized carbons (Fsp3) is 0.273. The van der Waals surface area contributed by atoms with Gasteiger partial charge in [0, 0.05) is 6.20 Å². The fourth-order valence-electron chi connectivity index (χ4n) is 1.65. The predicted molar refractivity (Wildman–Crippen MR) is 56.9 cm³/mol. The Morgan fingerprint density at radius 1 is 1.36 bits per heavy atom. The van der Waals surface area contributed by atoms with Gasteiger partial charge in [0.05, 0.1) is 17.7 Å². The van der Waals surface area contributed by atoms with Gasteiger partial charge in [0.1, 0.15) is 0 Å². The summed E-state index contributed by atoms with van der Waals surface area (Å²) in [5.41, 5.74) is 7.87. The number of para-hydroxylation sites is 1. The molecule has 74 valence electrons. The van der Waals surface area contributed by atoms with Gasteiger partial charge < -0.3 is 15.8 Å². The summed E-state index contributed by atoms with van der Waals surface area (Å²) in [5.74, 6) is 0. The molecule has 0 aliphatic heterocycles. The molecule has 0 saturated carbocycles. The van der Waals surface area contributed by atoms with Crippen molar-refractivity contribution < 1.29 is 5.11 Å². The van der Waals surface area contributed by atoms with Crippen LogP contribution in [0.5, 0.6) is 0 Å². The maximum Gasteiger partial charge on any atom is 0.0705 e. The van der Waals surface area contributed by atoms with Crippen LogP contribution in [-0.2, 0) is 0 Å². The zero-order valence-electron chi connectivity index (χ0n) is 8.07. The molecular formula is C11H14N2O. The molecule has 3 nitrogen and oxygen atoms in total. The van der Waals surface area contributed by atoms with Crippen LogP contribution in [0, 0.1) is 0 Å². The van der Waals surface area contributed by atoms with Gasteiger partial charge in [-0.1, -0.05) is 18.2 Å². The minimum Gasteiger partial charge on any atom is -0.391 e. The first-order chi connectivity index (χ1) is 6.70. The van der Waals surface area contributed by atoms with Crippen molar-refractivity contribution in [2.24, 2.45) is 5.73 Å². The number of aromatic amines is 1. The van der Waals surface area contributed by atoms with Crippen LogP contribution in [0.1, 0.15) is 18.5 Å². The van der Waals surface area contributed by atoms with Gasteiger partial charge in [0.2, 0.25) is 0 Å². The van der Waals surface area contributed by atoms with E-state index in [9.17, 15) is 5.11 Å². The lowest BCUT2D eigenvalue weighted by atomic mass is 10.0. The van der Waals surface area contributed by atoms with E-state index in [2.05, 4.69) is 4.98 Å². The Balaban J connectivity index is 2.56. The van der Waals surface area contributed by atoms with Crippen LogP contribution in [0.3, 0.4) is 0 Å². The molecular weight excluding hydrogens is 176 g/mol. The molecule has 1 aromatic carbocycles. The van der Waals surface area contributed by atoms with Gasteiger partial charge in [-0.2, -0.15) is 0 Å². The third-order valence-corrected chi connectivity index (χ3v) is 2.50. The van der Waals surface area contributed by atoms with Gasteiger partial charge in [-0.3, -0.25) is 0 Å². The van der Waals surface area contributed by atoms with Crippen molar-refractivity contribution in [3.8, 4) is 0 Å². The summed E-state index contributed by atoms with van der Waals surface area (Å²) in [4.78, 5) is 3.13. The quantitative estimate of drug-likeness (QED) is 0.672. The molecule has 1 aromatic heterocycles. The first kappa shape index (κ1) is 9.24. The van der Waals surface area contributed by atoms with Gasteiger partial charge >= 0.3 is 0 Å². The van der Waals surface area contributed by atoms with Crippen LogP contribution in [0.15, 0.2) is 30.5 Å². The average Bonchev–Trinajstić information content (AvgIpc) is 2.63. The highest BCUT2D eigenvalue weighted by Gasteiger charge is 2.14. The number of H-pyrrole nitrogens is 1. The fourth-order valence-corrected chi connectivity index (χ4v) is 1.65. The second kappa shape index (κ2) is 3.44. The highest BCUT2D eigenvalue weighted by atomic mass is 16.3. The van der Waals surface area contributed by atoms with E-state index in [0.29, 0.717) is 0 Å². The number of fused-ring (bicyclic) bond motifs is 1. The minimum absolute atomic E-state index is 0.336. The molecule has 1 heterocycles. The van der Waals surface area contributed by atoms with Crippen LogP contribution in [-0.4, -0.2) is 16.2 Å². The molecule has 0 saturated heterocycles. The highest BCUT2D eigenvalue weighted by Crippen LogP contribution is 2.23. The van der Waals surface area contributed by atoms with E-state index >= 15 is 0 Å². The van der Waals surface area contributed by atoms with Crippen molar-refractivity contribution >= 4 is 10.9 Å². The number of aliphatic hydroxyl groups excluding tert-OH is 1. The first-order valence-electron chi connectivity index (χ1n) is 4.70. The van der Waals surface area contributed by atoms with E-state index < -0.39 is 6.10 Å². The summed E-state index contributed by atoms with van der Waals surface area (Å²) in [6.07, 6.45) is 1.34. The molecule has 0 aliphatic carbocycles. The Bertz CT molecular complexity index is 434.